The van der Waals surface area contributed by atoms with Crippen LogP contribution in [0.15, 0.2) is 24.3 Å². The normalized spacial score (nSPS) is 14.8. The zero-order valence-electron chi connectivity index (χ0n) is 10.9. The Hall–Kier alpha value is -0.970. The summed E-state index contributed by atoms with van der Waals surface area (Å²) < 4.78 is 13.2. The number of benzene rings is 1. The Bertz CT molecular complexity index is 357. The maximum atomic E-state index is 13.2. The standard InChI is InChI=1S/C14H22FNO2/c1-10(2)14(9-18)16-13(6-7-17)11-4-3-5-12(15)8-11/h3-5,8,10,13-14,16-18H,6-7,9H2,1-2H3. The van der Waals surface area contributed by atoms with E-state index in [-0.39, 0.29) is 37.0 Å². The molecule has 4 heteroatoms. The monoisotopic (exact) mass is 255 g/mol. The number of rotatable bonds is 7. The predicted molar refractivity (Wildman–Crippen MR) is 69.7 cm³/mol. The van der Waals surface area contributed by atoms with Crippen LogP contribution in [0.4, 0.5) is 4.39 Å². The molecular weight excluding hydrogens is 233 g/mol. The maximum Gasteiger partial charge on any atom is 0.123 e. The molecule has 0 aromatic heterocycles. The van der Waals surface area contributed by atoms with Crippen LogP contribution < -0.4 is 5.32 Å². The average molecular weight is 255 g/mol. The Labute approximate surface area is 108 Å². The van der Waals surface area contributed by atoms with Crippen molar-refractivity contribution in [3.8, 4) is 0 Å². The summed E-state index contributed by atoms with van der Waals surface area (Å²) in [5.41, 5.74) is 0.795. The molecule has 0 aliphatic carbocycles. The lowest BCUT2D eigenvalue weighted by molar-refractivity contribution is 0.186. The quantitative estimate of drug-likeness (QED) is 0.697. The van der Waals surface area contributed by atoms with Crippen LogP contribution in [0.2, 0.25) is 0 Å². The SMILES string of the molecule is CC(C)C(CO)NC(CCO)c1cccc(F)c1. The maximum absolute atomic E-state index is 13.2. The first-order valence-corrected chi connectivity index (χ1v) is 6.31. The number of hydrogen-bond donors (Lipinski definition) is 3. The molecule has 0 bridgehead atoms. The van der Waals surface area contributed by atoms with Crippen LogP contribution >= 0.6 is 0 Å². The molecule has 3 nitrogen and oxygen atoms in total. The van der Waals surface area contributed by atoms with Crippen molar-refractivity contribution >= 4 is 0 Å². The molecule has 0 amide bonds. The van der Waals surface area contributed by atoms with Gasteiger partial charge in [0.2, 0.25) is 0 Å². The summed E-state index contributed by atoms with van der Waals surface area (Å²) >= 11 is 0. The fourth-order valence-corrected chi connectivity index (χ4v) is 1.91. The summed E-state index contributed by atoms with van der Waals surface area (Å²) in [5, 5.41) is 21.7. The summed E-state index contributed by atoms with van der Waals surface area (Å²) in [4.78, 5) is 0. The molecule has 2 unspecified atom stereocenters. The largest absolute Gasteiger partial charge is 0.396 e. The zero-order valence-corrected chi connectivity index (χ0v) is 10.9. The van der Waals surface area contributed by atoms with E-state index in [4.69, 9.17) is 5.11 Å². The van der Waals surface area contributed by atoms with Crippen LogP contribution in [0.1, 0.15) is 31.9 Å². The van der Waals surface area contributed by atoms with Crippen LogP contribution in [-0.4, -0.2) is 29.5 Å². The molecular formula is C14H22FNO2. The minimum absolute atomic E-state index is 0.0183. The van der Waals surface area contributed by atoms with Gasteiger partial charge in [-0.25, -0.2) is 4.39 Å². The minimum atomic E-state index is -0.290. The van der Waals surface area contributed by atoms with Crippen molar-refractivity contribution in [2.75, 3.05) is 13.2 Å². The van der Waals surface area contributed by atoms with Gasteiger partial charge < -0.3 is 15.5 Å². The lowest BCUT2D eigenvalue weighted by Gasteiger charge is -2.27. The summed E-state index contributed by atoms with van der Waals surface area (Å²) in [6.45, 7) is 4.06. The van der Waals surface area contributed by atoms with Crippen LogP contribution in [0, 0.1) is 11.7 Å². The number of aliphatic hydroxyl groups excluding tert-OH is 2. The highest BCUT2D eigenvalue weighted by molar-refractivity contribution is 5.20. The van der Waals surface area contributed by atoms with Crippen molar-refractivity contribution in [3.05, 3.63) is 35.6 Å². The fraction of sp³-hybridized carbons (Fsp3) is 0.571. The van der Waals surface area contributed by atoms with Crippen molar-refractivity contribution in [2.45, 2.75) is 32.4 Å². The summed E-state index contributed by atoms with van der Waals surface area (Å²) in [6, 6.07) is 6.12. The predicted octanol–water partition coefficient (Wildman–Crippen LogP) is 1.86. The van der Waals surface area contributed by atoms with Gasteiger partial charge in [-0.2, -0.15) is 0 Å². The Morgan fingerprint density at radius 3 is 2.50 bits per heavy atom. The van der Waals surface area contributed by atoms with Crippen LogP contribution in [0.25, 0.3) is 0 Å². The average Bonchev–Trinajstić information content (AvgIpc) is 2.34. The number of nitrogens with one attached hydrogen (secondary N) is 1. The molecule has 0 fully saturated rings. The molecule has 0 spiro atoms. The lowest BCUT2D eigenvalue weighted by atomic mass is 9.99. The molecule has 1 aromatic rings. The molecule has 0 aliphatic heterocycles. The molecule has 1 aromatic carbocycles. The van der Waals surface area contributed by atoms with E-state index in [1.165, 1.54) is 12.1 Å². The van der Waals surface area contributed by atoms with Gasteiger partial charge in [0.05, 0.1) is 6.61 Å². The number of hydrogen-bond acceptors (Lipinski definition) is 3. The van der Waals surface area contributed by atoms with Gasteiger partial charge in [-0.3, -0.25) is 0 Å². The van der Waals surface area contributed by atoms with Gasteiger partial charge in [0, 0.05) is 18.7 Å². The second kappa shape index (κ2) is 7.46. The highest BCUT2D eigenvalue weighted by Crippen LogP contribution is 2.19. The van der Waals surface area contributed by atoms with E-state index < -0.39 is 0 Å². The molecule has 3 N–H and O–H groups in total. The molecule has 102 valence electrons. The number of halogens is 1. The van der Waals surface area contributed by atoms with Crippen molar-refractivity contribution < 1.29 is 14.6 Å². The fourth-order valence-electron chi connectivity index (χ4n) is 1.91. The molecule has 0 aliphatic rings. The van der Waals surface area contributed by atoms with Gasteiger partial charge in [0.25, 0.3) is 0 Å². The third-order valence-electron chi connectivity index (χ3n) is 3.09. The third-order valence-corrected chi connectivity index (χ3v) is 3.09. The first kappa shape index (κ1) is 15.1. The molecule has 2 atom stereocenters. The smallest absolute Gasteiger partial charge is 0.123 e. The van der Waals surface area contributed by atoms with Gasteiger partial charge in [-0.1, -0.05) is 26.0 Å². The molecule has 18 heavy (non-hydrogen) atoms. The highest BCUT2D eigenvalue weighted by Gasteiger charge is 2.19. The second-order valence-corrected chi connectivity index (χ2v) is 4.82. The van der Waals surface area contributed by atoms with E-state index in [9.17, 15) is 9.50 Å². The molecule has 0 heterocycles. The first-order chi connectivity index (χ1) is 8.58. The van der Waals surface area contributed by atoms with Crippen molar-refractivity contribution in [3.63, 3.8) is 0 Å². The van der Waals surface area contributed by atoms with Crippen molar-refractivity contribution in [2.24, 2.45) is 5.92 Å². The van der Waals surface area contributed by atoms with Gasteiger partial charge in [-0.05, 0) is 30.0 Å². The molecule has 0 saturated carbocycles. The summed E-state index contributed by atoms with van der Waals surface area (Å²) in [6.07, 6.45) is 0.493. The Balaban J connectivity index is 2.82. The van der Waals surface area contributed by atoms with E-state index in [1.54, 1.807) is 6.07 Å². The van der Waals surface area contributed by atoms with Crippen LogP contribution in [0.5, 0.6) is 0 Å². The summed E-state index contributed by atoms with van der Waals surface area (Å²) in [7, 11) is 0. The third kappa shape index (κ3) is 4.37. The van der Waals surface area contributed by atoms with Gasteiger partial charge in [0.1, 0.15) is 5.82 Å². The van der Waals surface area contributed by atoms with E-state index in [0.29, 0.717) is 6.42 Å². The molecule has 1 rings (SSSR count). The lowest BCUT2D eigenvalue weighted by Crippen LogP contribution is -2.40. The van der Waals surface area contributed by atoms with Gasteiger partial charge in [-0.15, -0.1) is 0 Å². The van der Waals surface area contributed by atoms with Crippen LogP contribution in [0.3, 0.4) is 0 Å². The van der Waals surface area contributed by atoms with E-state index in [1.807, 2.05) is 19.9 Å². The van der Waals surface area contributed by atoms with Gasteiger partial charge >= 0.3 is 0 Å². The highest BCUT2D eigenvalue weighted by atomic mass is 19.1. The topological polar surface area (TPSA) is 52.5 Å². The van der Waals surface area contributed by atoms with E-state index in [0.717, 1.165) is 5.56 Å². The summed E-state index contributed by atoms with van der Waals surface area (Å²) in [5.74, 6) is -0.0212. The Morgan fingerprint density at radius 2 is 2.00 bits per heavy atom. The zero-order chi connectivity index (χ0) is 13.5. The molecule has 0 saturated heterocycles. The Morgan fingerprint density at radius 1 is 1.28 bits per heavy atom. The minimum Gasteiger partial charge on any atom is -0.396 e. The Kier molecular flexibility index (Phi) is 6.25. The van der Waals surface area contributed by atoms with Crippen LogP contribution in [-0.2, 0) is 0 Å². The second-order valence-electron chi connectivity index (χ2n) is 4.82. The number of aliphatic hydroxyl groups is 2. The van der Waals surface area contributed by atoms with Gasteiger partial charge in [0.15, 0.2) is 0 Å². The van der Waals surface area contributed by atoms with Crippen molar-refractivity contribution in [1.82, 2.24) is 5.32 Å². The van der Waals surface area contributed by atoms with E-state index >= 15 is 0 Å². The molecule has 0 radical (unpaired) electrons. The first-order valence-electron chi connectivity index (χ1n) is 6.31. The van der Waals surface area contributed by atoms with Crippen molar-refractivity contribution in [1.29, 1.82) is 0 Å². The van der Waals surface area contributed by atoms with E-state index in [2.05, 4.69) is 5.32 Å².